The summed E-state index contributed by atoms with van der Waals surface area (Å²) in [5.74, 6) is -0.0704. The highest BCUT2D eigenvalue weighted by Gasteiger charge is 2.01. The van der Waals surface area contributed by atoms with Crippen molar-refractivity contribution in [1.82, 2.24) is 0 Å². The highest BCUT2D eigenvalue weighted by molar-refractivity contribution is 5.69. The van der Waals surface area contributed by atoms with Crippen LogP contribution in [0.15, 0.2) is 0 Å². The van der Waals surface area contributed by atoms with E-state index < -0.39 is 0 Å². The first-order valence-corrected chi connectivity index (χ1v) is 6.04. The summed E-state index contributed by atoms with van der Waals surface area (Å²) in [5.41, 5.74) is 0. The minimum Gasteiger partial charge on any atom is -0.466 e. The number of rotatable bonds is 10. The molecular formula is C12H24O3. The zero-order chi connectivity index (χ0) is 11.4. The summed E-state index contributed by atoms with van der Waals surface area (Å²) in [6.45, 7) is 6.32. The second kappa shape index (κ2) is 11.5. The normalized spacial score (nSPS) is 10.3. The molecule has 0 radical (unpaired) electrons. The SMILES string of the molecule is CCCCOC(=O)CCCCOCCC. The van der Waals surface area contributed by atoms with Crippen molar-refractivity contribution >= 4 is 5.97 Å². The molecule has 0 aliphatic heterocycles. The van der Waals surface area contributed by atoms with Gasteiger partial charge < -0.3 is 9.47 Å². The predicted molar refractivity (Wildman–Crippen MR) is 60.8 cm³/mol. The molecule has 0 heterocycles. The topological polar surface area (TPSA) is 35.5 Å². The third kappa shape index (κ3) is 11.4. The number of hydrogen-bond donors (Lipinski definition) is 0. The molecule has 0 rings (SSSR count). The van der Waals surface area contributed by atoms with E-state index >= 15 is 0 Å². The lowest BCUT2D eigenvalue weighted by Crippen LogP contribution is -2.06. The molecule has 0 saturated carbocycles. The number of carbonyl (C=O) groups is 1. The largest absolute Gasteiger partial charge is 0.466 e. The van der Waals surface area contributed by atoms with E-state index in [-0.39, 0.29) is 5.97 Å². The van der Waals surface area contributed by atoms with Gasteiger partial charge in [0.2, 0.25) is 0 Å². The molecule has 0 bridgehead atoms. The van der Waals surface area contributed by atoms with E-state index in [1.807, 2.05) is 0 Å². The maximum atomic E-state index is 11.1. The summed E-state index contributed by atoms with van der Waals surface area (Å²) in [5, 5.41) is 0. The molecule has 0 aliphatic carbocycles. The van der Waals surface area contributed by atoms with Gasteiger partial charge in [0.25, 0.3) is 0 Å². The maximum Gasteiger partial charge on any atom is 0.305 e. The summed E-state index contributed by atoms with van der Waals surface area (Å²) in [6.07, 6.45) is 5.43. The van der Waals surface area contributed by atoms with Crippen molar-refractivity contribution in [3.05, 3.63) is 0 Å². The smallest absolute Gasteiger partial charge is 0.305 e. The summed E-state index contributed by atoms with van der Waals surface area (Å²) < 4.78 is 10.3. The van der Waals surface area contributed by atoms with Crippen molar-refractivity contribution in [1.29, 1.82) is 0 Å². The van der Waals surface area contributed by atoms with Gasteiger partial charge in [0.15, 0.2) is 0 Å². The van der Waals surface area contributed by atoms with Crippen LogP contribution < -0.4 is 0 Å². The third-order valence-corrected chi connectivity index (χ3v) is 2.03. The first-order valence-electron chi connectivity index (χ1n) is 6.04. The van der Waals surface area contributed by atoms with Crippen LogP contribution >= 0.6 is 0 Å². The fraction of sp³-hybridized carbons (Fsp3) is 0.917. The molecule has 0 aliphatic rings. The van der Waals surface area contributed by atoms with Crippen molar-refractivity contribution in [2.24, 2.45) is 0 Å². The summed E-state index contributed by atoms with van der Waals surface area (Å²) in [4.78, 5) is 11.1. The van der Waals surface area contributed by atoms with Crippen LogP contribution in [0.2, 0.25) is 0 Å². The molecular weight excluding hydrogens is 192 g/mol. The monoisotopic (exact) mass is 216 g/mol. The summed E-state index contributed by atoms with van der Waals surface area (Å²) >= 11 is 0. The molecule has 0 aromatic rings. The second-order valence-electron chi connectivity index (χ2n) is 3.64. The number of unbranched alkanes of at least 4 members (excludes halogenated alkanes) is 2. The Morgan fingerprint density at radius 2 is 1.73 bits per heavy atom. The van der Waals surface area contributed by atoms with Gasteiger partial charge in [-0.2, -0.15) is 0 Å². The fourth-order valence-electron chi connectivity index (χ4n) is 1.12. The second-order valence-corrected chi connectivity index (χ2v) is 3.64. The Hall–Kier alpha value is -0.570. The van der Waals surface area contributed by atoms with Gasteiger partial charge in [0.05, 0.1) is 6.61 Å². The van der Waals surface area contributed by atoms with Gasteiger partial charge >= 0.3 is 5.97 Å². The molecule has 15 heavy (non-hydrogen) atoms. The van der Waals surface area contributed by atoms with Gasteiger partial charge in [0.1, 0.15) is 0 Å². The van der Waals surface area contributed by atoms with Crippen LogP contribution in [0.4, 0.5) is 0 Å². The fourth-order valence-corrected chi connectivity index (χ4v) is 1.12. The quantitative estimate of drug-likeness (QED) is 0.416. The molecule has 0 spiro atoms. The van der Waals surface area contributed by atoms with Crippen LogP contribution in [0.3, 0.4) is 0 Å². The lowest BCUT2D eigenvalue weighted by Gasteiger charge is -2.04. The van der Waals surface area contributed by atoms with Crippen LogP contribution in [0, 0.1) is 0 Å². The van der Waals surface area contributed by atoms with E-state index in [0.717, 1.165) is 45.3 Å². The van der Waals surface area contributed by atoms with Crippen molar-refractivity contribution in [2.75, 3.05) is 19.8 Å². The van der Waals surface area contributed by atoms with Crippen LogP contribution in [0.25, 0.3) is 0 Å². The molecule has 90 valence electrons. The van der Waals surface area contributed by atoms with Crippen LogP contribution in [-0.2, 0) is 14.3 Å². The zero-order valence-electron chi connectivity index (χ0n) is 10.1. The van der Waals surface area contributed by atoms with Gasteiger partial charge in [0, 0.05) is 19.6 Å². The Labute approximate surface area is 93.1 Å². The minimum absolute atomic E-state index is 0.0704. The number of carbonyl (C=O) groups excluding carboxylic acids is 1. The van der Waals surface area contributed by atoms with Crippen molar-refractivity contribution in [2.45, 2.75) is 52.4 Å². The Balaban J connectivity index is 3.10. The average Bonchev–Trinajstić information content (AvgIpc) is 2.23. The van der Waals surface area contributed by atoms with Gasteiger partial charge in [-0.15, -0.1) is 0 Å². The first-order chi connectivity index (χ1) is 7.31. The Bertz CT molecular complexity index is 146. The van der Waals surface area contributed by atoms with E-state index in [1.165, 1.54) is 0 Å². The molecule has 0 aromatic heterocycles. The molecule has 0 amide bonds. The lowest BCUT2D eigenvalue weighted by atomic mass is 10.2. The van der Waals surface area contributed by atoms with Crippen molar-refractivity contribution in [3.63, 3.8) is 0 Å². The van der Waals surface area contributed by atoms with Crippen LogP contribution in [0.5, 0.6) is 0 Å². The Morgan fingerprint density at radius 1 is 0.933 bits per heavy atom. The van der Waals surface area contributed by atoms with Gasteiger partial charge in [-0.1, -0.05) is 20.3 Å². The molecule has 0 fully saturated rings. The van der Waals surface area contributed by atoms with E-state index in [9.17, 15) is 4.79 Å². The minimum atomic E-state index is -0.0704. The van der Waals surface area contributed by atoms with E-state index in [0.29, 0.717) is 13.0 Å². The zero-order valence-corrected chi connectivity index (χ0v) is 10.1. The van der Waals surface area contributed by atoms with E-state index in [4.69, 9.17) is 9.47 Å². The van der Waals surface area contributed by atoms with Crippen LogP contribution in [0.1, 0.15) is 52.4 Å². The molecule has 0 N–H and O–H groups in total. The molecule has 0 saturated heterocycles. The maximum absolute atomic E-state index is 11.1. The standard InChI is InChI=1S/C12H24O3/c1-3-5-11-15-12(13)8-6-7-10-14-9-4-2/h3-11H2,1-2H3. The van der Waals surface area contributed by atoms with Crippen LogP contribution in [-0.4, -0.2) is 25.8 Å². The molecule has 3 heteroatoms. The molecule has 0 unspecified atom stereocenters. The highest BCUT2D eigenvalue weighted by Crippen LogP contribution is 1.99. The summed E-state index contributed by atoms with van der Waals surface area (Å²) in [7, 11) is 0. The van der Waals surface area contributed by atoms with E-state index in [1.54, 1.807) is 0 Å². The van der Waals surface area contributed by atoms with Crippen molar-refractivity contribution < 1.29 is 14.3 Å². The Morgan fingerprint density at radius 3 is 2.40 bits per heavy atom. The van der Waals surface area contributed by atoms with Gasteiger partial charge in [-0.05, 0) is 25.7 Å². The number of ether oxygens (including phenoxy) is 2. The van der Waals surface area contributed by atoms with E-state index in [2.05, 4.69) is 13.8 Å². The van der Waals surface area contributed by atoms with Gasteiger partial charge in [-0.25, -0.2) is 0 Å². The van der Waals surface area contributed by atoms with Gasteiger partial charge in [-0.3, -0.25) is 4.79 Å². The lowest BCUT2D eigenvalue weighted by molar-refractivity contribution is -0.143. The average molecular weight is 216 g/mol. The van der Waals surface area contributed by atoms with Crippen molar-refractivity contribution in [3.8, 4) is 0 Å². The third-order valence-electron chi connectivity index (χ3n) is 2.03. The first kappa shape index (κ1) is 14.4. The molecule has 3 nitrogen and oxygen atoms in total. The Kier molecular flexibility index (Phi) is 11.1. The molecule has 0 atom stereocenters. The number of esters is 1. The highest BCUT2D eigenvalue weighted by atomic mass is 16.5. The predicted octanol–water partition coefficient (Wildman–Crippen LogP) is 2.93. The number of hydrogen-bond acceptors (Lipinski definition) is 3. The summed E-state index contributed by atoms with van der Waals surface area (Å²) in [6, 6.07) is 0. The molecule has 0 aromatic carbocycles.